The van der Waals surface area contributed by atoms with Crippen molar-refractivity contribution in [3.05, 3.63) is 23.3 Å². The highest BCUT2D eigenvalue weighted by Gasteiger charge is 2.64. The van der Waals surface area contributed by atoms with Gasteiger partial charge in [-0.05, 0) is 161 Å². The molecular formula is C42H62O5. The lowest BCUT2D eigenvalue weighted by Gasteiger charge is -2.59. The van der Waals surface area contributed by atoms with Crippen LogP contribution in [0.3, 0.4) is 0 Å². The van der Waals surface area contributed by atoms with Gasteiger partial charge in [0.1, 0.15) is 5.60 Å². The first kappa shape index (κ1) is 33.7. The molecule has 8 aliphatic carbocycles. The Morgan fingerprint density at radius 3 is 1.79 bits per heavy atom. The number of carbonyl (C=O) groups is 3. The Balaban J connectivity index is 0.000000153. The third-order valence-electron chi connectivity index (χ3n) is 17.0. The Kier molecular flexibility index (Phi) is 8.37. The van der Waals surface area contributed by atoms with Crippen LogP contribution in [0.25, 0.3) is 0 Å². The van der Waals surface area contributed by atoms with E-state index >= 15 is 0 Å². The average Bonchev–Trinajstić information content (AvgIpc) is 3.49. The van der Waals surface area contributed by atoms with Gasteiger partial charge in [-0.2, -0.15) is 0 Å². The smallest absolute Gasteiger partial charge is 0.306 e. The minimum atomic E-state index is -0.310. The molecule has 0 aromatic carbocycles. The van der Waals surface area contributed by atoms with Crippen molar-refractivity contribution in [1.29, 1.82) is 0 Å². The first-order valence-corrected chi connectivity index (χ1v) is 19.6. The standard InChI is InChI=1S/C23H34O3.C19H28O2/c1-5-20(25)26-23(4)13-10-19-17-7-6-15-14-16(24)8-11-21(15,2)18(17)9-12-22(19,23)3;1-18-9-7-13(20)11-12(18)3-4-14-15-5-6-17(21)19(15,2)10-8-16(14)18/h14,17-19H,5-13H2,1-4H3;11,14-17,21H,3-10H2,1-2H3/t17-,18+,19+,21+,22+,23+;14-,15-,16-,17-,18-,19-/m10/s1. The van der Waals surface area contributed by atoms with Gasteiger partial charge >= 0.3 is 5.97 Å². The maximum atomic E-state index is 12.1. The van der Waals surface area contributed by atoms with Crippen molar-refractivity contribution in [2.45, 2.75) is 162 Å². The third kappa shape index (κ3) is 5.04. The van der Waals surface area contributed by atoms with Crippen LogP contribution in [0, 0.1) is 57.2 Å². The summed E-state index contributed by atoms with van der Waals surface area (Å²) in [7, 11) is 0. The van der Waals surface area contributed by atoms with Crippen molar-refractivity contribution < 1.29 is 24.2 Å². The molecule has 0 radical (unpaired) electrons. The molecule has 0 amide bonds. The number of hydrogen-bond donors (Lipinski definition) is 1. The van der Waals surface area contributed by atoms with Crippen LogP contribution in [0.4, 0.5) is 0 Å². The fourth-order valence-corrected chi connectivity index (χ4v) is 13.8. The SMILES string of the molecule is CCC(=O)O[C@@]1(C)CC[C@H]2[C@@H]3CCC4=CC(=O)CC[C@]4(C)[C@H]3CC[C@@]21C.C[C@]12CC[C@H]3[C@@H](CCC4=CC(=O)CC[C@@]43C)[C@@H]1CC[C@@H]2O. The lowest BCUT2D eigenvalue weighted by atomic mass is 9.46. The van der Waals surface area contributed by atoms with E-state index in [0.29, 0.717) is 41.7 Å². The molecule has 5 heteroatoms. The summed E-state index contributed by atoms with van der Waals surface area (Å²) in [6.45, 7) is 13.7. The van der Waals surface area contributed by atoms with Gasteiger partial charge in [-0.25, -0.2) is 0 Å². The van der Waals surface area contributed by atoms with E-state index in [0.717, 1.165) is 69.6 Å². The summed E-state index contributed by atoms with van der Waals surface area (Å²) < 4.78 is 6.05. The van der Waals surface area contributed by atoms with E-state index < -0.39 is 0 Å². The Morgan fingerprint density at radius 1 is 0.681 bits per heavy atom. The molecule has 47 heavy (non-hydrogen) atoms. The van der Waals surface area contributed by atoms with Crippen molar-refractivity contribution in [3.8, 4) is 0 Å². The monoisotopic (exact) mass is 646 g/mol. The van der Waals surface area contributed by atoms with Crippen molar-refractivity contribution in [2.75, 3.05) is 0 Å². The molecule has 0 heterocycles. The quantitative estimate of drug-likeness (QED) is 0.303. The highest BCUT2D eigenvalue weighted by molar-refractivity contribution is 5.92. The van der Waals surface area contributed by atoms with Gasteiger partial charge in [-0.3, -0.25) is 14.4 Å². The van der Waals surface area contributed by atoms with Gasteiger partial charge < -0.3 is 9.84 Å². The largest absolute Gasteiger partial charge is 0.459 e. The van der Waals surface area contributed by atoms with Gasteiger partial charge in [-0.15, -0.1) is 0 Å². The molecule has 0 aliphatic heterocycles. The van der Waals surface area contributed by atoms with Crippen LogP contribution in [0.15, 0.2) is 23.3 Å². The second-order valence-corrected chi connectivity index (χ2v) is 18.6. The number of aliphatic hydroxyl groups excluding tert-OH is 1. The van der Waals surface area contributed by atoms with E-state index in [-0.39, 0.29) is 39.3 Å². The summed E-state index contributed by atoms with van der Waals surface area (Å²) in [6, 6.07) is 0. The number of rotatable bonds is 2. The van der Waals surface area contributed by atoms with Crippen LogP contribution in [0.5, 0.6) is 0 Å². The van der Waals surface area contributed by atoms with Gasteiger partial charge in [-0.1, -0.05) is 45.8 Å². The van der Waals surface area contributed by atoms with Gasteiger partial charge in [0.2, 0.25) is 0 Å². The topological polar surface area (TPSA) is 80.7 Å². The van der Waals surface area contributed by atoms with E-state index in [1.54, 1.807) is 0 Å². The maximum Gasteiger partial charge on any atom is 0.306 e. The predicted molar refractivity (Wildman–Crippen MR) is 184 cm³/mol. The second kappa shape index (κ2) is 11.7. The molecule has 5 nitrogen and oxygen atoms in total. The first-order valence-electron chi connectivity index (χ1n) is 19.6. The van der Waals surface area contributed by atoms with Gasteiger partial charge in [0.15, 0.2) is 11.6 Å². The lowest BCUT2D eigenvalue weighted by molar-refractivity contribution is -0.180. The molecule has 1 N–H and O–H groups in total. The molecular weight excluding hydrogens is 584 g/mol. The fraction of sp³-hybridized carbons (Fsp3) is 0.833. The molecule has 0 saturated heterocycles. The van der Waals surface area contributed by atoms with Gasteiger partial charge in [0.25, 0.3) is 0 Å². The van der Waals surface area contributed by atoms with E-state index in [4.69, 9.17) is 4.74 Å². The minimum Gasteiger partial charge on any atom is -0.459 e. The Hall–Kier alpha value is -1.75. The molecule has 8 rings (SSSR count). The number of ketones is 2. The molecule has 260 valence electrons. The van der Waals surface area contributed by atoms with Crippen LogP contribution in [-0.4, -0.2) is 34.3 Å². The van der Waals surface area contributed by atoms with Crippen molar-refractivity contribution in [3.63, 3.8) is 0 Å². The second-order valence-electron chi connectivity index (χ2n) is 18.6. The number of esters is 1. The third-order valence-corrected chi connectivity index (χ3v) is 17.0. The molecule has 0 aromatic rings. The van der Waals surface area contributed by atoms with Crippen LogP contribution in [0.2, 0.25) is 0 Å². The number of aliphatic hydroxyl groups is 1. The highest BCUT2D eigenvalue weighted by Crippen LogP contribution is 2.68. The van der Waals surface area contributed by atoms with Crippen LogP contribution < -0.4 is 0 Å². The summed E-state index contributed by atoms with van der Waals surface area (Å²) >= 11 is 0. The number of fused-ring (bicyclic) bond motifs is 10. The molecule has 12 atom stereocenters. The molecule has 0 spiro atoms. The van der Waals surface area contributed by atoms with Gasteiger partial charge in [0, 0.05) is 24.7 Å². The fourth-order valence-electron chi connectivity index (χ4n) is 13.8. The highest BCUT2D eigenvalue weighted by atomic mass is 16.6. The zero-order valence-electron chi connectivity index (χ0n) is 30.3. The van der Waals surface area contributed by atoms with E-state index in [9.17, 15) is 19.5 Å². The summed E-state index contributed by atoms with van der Waals surface area (Å²) in [5.41, 5.74) is 3.32. The maximum absolute atomic E-state index is 12.1. The average molecular weight is 647 g/mol. The number of carbonyl (C=O) groups excluding carboxylic acids is 3. The molecule has 0 bridgehead atoms. The Bertz CT molecular complexity index is 1380. The molecule has 6 fully saturated rings. The summed E-state index contributed by atoms with van der Waals surface area (Å²) in [5.74, 6) is 4.90. The summed E-state index contributed by atoms with van der Waals surface area (Å²) in [4.78, 5) is 35.8. The van der Waals surface area contributed by atoms with Crippen LogP contribution >= 0.6 is 0 Å². The molecule has 0 unspecified atom stereocenters. The molecule has 8 aliphatic rings. The van der Waals surface area contributed by atoms with E-state index in [1.165, 1.54) is 56.1 Å². The van der Waals surface area contributed by atoms with Crippen molar-refractivity contribution in [2.24, 2.45) is 57.2 Å². The van der Waals surface area contributed by atoms with Crippen molar-refractivity contribution >= 4 is 17.5 Å². The number of ether oxygens (including phenoxy) is 1. The number of hydrogen-bond acceptors (Lipinski definition) is 5. The molecule has 0 aromatic heterocycles. The Labute approximate surface area is 284 Å². The van der Waals surface area contributed by atoms with Crippen LogP contribution in [0.1, 0.15) is 151 Å². The van der Waals surface area contributed by atoms with Crippen molar-refractivity contribution in [1.82, 2.24) is 0 Å². The van der Waals surface area contributed by atoms with Crippen LogP contribution in [-0.2, 0) is 19.1 Å². The summed E-state index contributed by atoms with van der Waals surface area (Å²) in [5, 5.41) is 10.4. The van der Waals surface area contributed by atoms with E-state index in [1.807, 2.05) is 19.1 Å². The van der Waals surface area contributed by atoms with Gasteiger partial charge in [0.05, 0.1) is 6.10 Å². The minimum absolute atomic E-state index is 0.0527. The Morgan fingerprint density at radius 2 is 1.21 bits per heavy atom. The lowest BCUT2D eigenvalue weighted by Crippen LogP contribution is -2.55. The normalized spacial score (nSPS) is 49.8. The predicted octanol–water partition coefficient (Wildman–Crippen LogP) is 9.11. The zero-order chi connectivity index (χ0) is 33.6. The zero-order valence-corrected chi connectivity index (χ0v) is 30.3. The first-order chi connectivity index (χ1) is 22.2. The van der Waals surface area contributed by atoms with E-state index in [2.05, 4.69) is 34.6 Å². The number of allylic oxidation sites excluding steroid dienone is 2. The summed E-state index contributed by atoms with van der Waals surface area (Å²) in [6.07, 6.45) is 21.7. The molecule has 6 saturated carbocycles.